The maximum atomic E-state index is 8.47. The summed E-state index contributed by atoms with van der Waals surface area (Å²) < 4.78 is 0. The zero-order valence-electron chi connectivity index (χ0n) is 5.35. The van der Waals surface area contributed by atoms with Crippen LogP contribution in [-0.4, -0.2) is 5.11 Å². The third kappa shape index (κ3) is 5.92. The second kappa shape index (κ2) is 5.06. The van der Waals surface area contributed by atoms with E-state index in [0.29, 0.717) is 6.42 Å². The van der Waals surface area contributed by atoms with E-state index >= 15 is 0 Å². The summed E-state index contributed by atoms with van der Waals surface area (Å²) in [6.07, 6.45) is 4.07. The highest BCUT2D eigenvalue weighted by Crippen LogP contribution is 2.02. The average Bonchev–Trinajstić information content (AvgIpc) is 1.66. The fourth-order valence-corrected chi connectivity index (χ4v) is 0.556. The molecule has 8 heavy (non-hydrogen) atoms. The van der Waals surface area contributed by atoms with Crippen molar-refractivity contribution in [3.8, 4) is 0 Å². The van der Waals surface area contributed by atoms with Crippen LogP contribution >= 0.6 is 0 Å². The van der Waals surface area contributed by atoms with E-state index in [2.05, 4.69) is 6.92 Å². The predicted molar refractivity (Wildman–Crippen MR) is 33.5 cm³/mol. The van der Waals surface area contributed by atoms with Gasteiger partial charge in [-0.1, -0.05) is 19.8 Å². The van der Waals surface area contributed by atoms with Gasteiger partial charge >= 0.3 is 0 Å². The molecule has 0 spiro atoms. The highest BCUT2D eigenvalue weighted by atomic mass is 16.3. The third-order valence-corrected chi connectivity index (χ3v) is 1.04. The molecule has 49 valence electrons. The van der Waals surface area contributed by atoms with Gasteiger partial charge in [0.15, 0.2) is 6.23 Å². The molecule has 0 amide bonds. The number of hydrogen-bond acceptors (Lipinski definition) is 2. The van der Waals surface area contributed by atoms with Crippen LogP contribution in [0.15, 0.2) is 0 Å². The summed E-state index contributed by atoms with van der Waals surface area (Å²) in [5, 5.41) is 8.47. The van der Waals surface area contributed by atoms with E-state index in [4.69, 9.17) is 10.8 Å². The molecule has 0 aliphatic carbocycles. The third-order valence-electron chi connectivity index (χ3n) is 1.04. The van der Waals surface area contributed by atoms with E-state index in [1.807, 2.05) is 0 Å². The maximum absolute atomic E-state index is 8.47. The van der Waals surface area contributed by atoms with E-state index in [0.717, 1.165) is 12.8 Å². The van der Waals surface area contributed by atoms with Crippen LogP contribution < -0.4 is 5.73 Å². The van der Waals surface area contributed by atoms with Crippen molar-refractivity contribution in [3.63, 3.8) is 0 Å². The Kier molecular flexibility index (Phi) is 5.01. The zero-order valence-corrected chi connectivity index (χ0v) is 5.35. The van der Waals surface area contributed by atoms with Crippen molar-refractivity contribution in [2.24, 2.45) is 5.73 Å². The summed E-state index contributed by atoms with van der Waals surface area (Å²) in [5.74, 6) is 0. The lowest BCUT2D eigenvalue weighted by Gasteiger charge is -1.98. The summed E-state index contributed by atoms with van der Waals surface area (Å²) >= 11 is 0. The lowest BCUT2D eigenvalue weighted by atomic mass is 10.2. The van der Waals surface area contributed by atoms with Gasteiger partial charge in [0.2, 0.25) is 0 Å². The topological polar surface area (TPSA) is 46.2 Å². The molecular weight excluding hydrogens is 102 g/mol. The summed E-state index contributed by atoms with van der Waals surface area (Å²) in [6.45, 7) is 2.12. The minimum absolute atomic E-state index is 0.0680. The molecule has 0 heterocycles. The van der Waals surface area contributed by atoms with Crippen LogP contribution in [0.3, 0.4) is 0 Å². The Morgan fingerprint density at radius 1 is 1.50 bits per heavy atom. The van der Waals surface area contributed by atoms with E-state index < -0.39 is 0 Å². The smallest absolute Gasteiger partial charge is 0.155 e. The minimum Gasteiger partial charge on any atom is -0.372 e. The van der Waals surface area contributed by atoms with Crippen molar-refractivity contribution in [2.45, 2.75) is 32.6 Å². The van der Waals surface area contributed by atoms with Crippen LogP contribution in [0.25, 0.3) is 0 Å². The number of nitrogens with two attached hydrogens (primary N) is 1. The van der Waals surface area contributed by atoms with Crippen molar-refractivity contribution < 1.29 is 5.11 Å². The summed E-state index contributed by atoms with van der Waals surface area (Å²) in [7, 11) is 0. The van der Waals surface area contributed by atoms with Crippen LogP contribution in [0, 0.1) is 6.23 Å². The number of unbranched alkanes of at least 4 members (excludes halogenated alkanes) is 2. The monoisotopic (exact) mass is 116 g/mol. The van der Waals surface area contributed by atoms with Crippen LogP contribution in [0.4, 0.5) is 0 Å². The molecule has 0 saturated heterocycles. The summed E-state index contributed by atoms with van der Waals surface area (Å²) in [4.78, 5) is 0. The molecule has 2 nitrogen and oxygen atoms in total. The van der Waals surface area contributed by atoms with Crippen LogP contribution in [0.1, 0.15) is 32.6 Å². The van der Waals surface area contributed by atoms with Crippen molar-refractivity contribution in [2.75, 3.05) is 0 Å². The molecule has 0 rings (SSSR count). The first kappa shape index (κ1) is 7.92. The Balaban J connectivity index is 2.72. The molecule has 1 radical (unpaired) electrons. The van der Waals surface area contributed by atoms with Gasteiger partial charge in [-0.05, 0) is 12.8 Å². The Morgan fingerprint density at radius 3 is 2.50 bits per heavy atom. The highest BCUT2D eigenvalue weighted by molar-refractivity contribution is 4.63. The fraction of sp³-hybridized carbons (Fsp3) is 0.833. The second-order valence-electron chi connectivity index (χ2n) is 1.95. The number of aliphatic hydroxyl groups is 1. The van der Waals surface area contributed by atoms with Gasteiger partial charge in [0.25, 0.3) is 0 Å². The first-order valence-corrected chi connectivity index (χ1v) is 3.07. The van der Waals surface area contributed by atoms with Gasteiger partial charge in [0.05, 0.1) is 0 Å². The average molecular weight is 116 g/mol. The van der Waals surface area contributed by atoms with E-state index in [1.54, 1.807) is 0 Å². The largest absolute Gasteiger partial charge is 0.372 e. The maximum Gasteiger partial charge on any atom is 0.155 e. The normalized spacial score (nSPS) is 10.5. The minimum atomic E-state index is 0.0680. The SMILES string of the molecule is CCCCC[C](N)O. The molecule has 0 aliphatic heterocycles. The van der Waals surface area contributed by atoms with Crippen molar-refractivity contribution >= 4 is 0 Å². The number of rotatable bonds is 4. The molecular formula is C6H14NO. The van der Waals surface area contributed by atoms with E-state index in [-0.39, 0.29) is 6.23 Å². The molecule has 0 aromatic heterocycles. The van der Waals surface area contributed by atoms with E-state index in [9.17, 15) is 0 Å². The van der Waals surface area contributed by atoms with Gasteiger partial charge in [-0.2, -0.15) is 0 Å². The van der Waals surface area contributed by atoms with Gasteiger partial charge < -0.3 is 10.8 Å². The van der Waals surface area contributed by atoms with Gasteiger partial charge in [0.1, 0.15) is 0 Å². The molecule has 0 unspecified atom stereocenters. The standard InChI is InChI=1S/C6H14NO/c1-2-3-4-5-6(7)8/h8H,2-5,7H2,1H3. The quantitative estimate of drug-likeness (QED) is 0.545. The summed E-state index contributed by atoms with van der Waals surface area (Å²) in [6, 6.07) is 0. The lowest BCUT2D eigenvalue weighted by Crippen LogP contribution is -2.07. The first-order chi connectivity index (χ1) is 3.77. The van der Waals surface area contributed by atoms with E-state index in [1.165, 1.54) is 6.42 Å². The molecule has 2 heteroatoms. The number of aliphatic hydroxyl groups excluding tert-OH is 1. The Labute approximate surface area is 50.7 Å². The molecule has 3 N–H and O–H groups in total. The second-order valence-corrected chi connectivity index (χ2v) is 1.95. The fourth-order valence-electron chi connectivity index (χ4n) is 0.556. The Hall–Kier alpha value is -0.0800. The molecule has 0 saturated carbocycles. The number of hydrogen-bond donors (Lipinski definition) is 2. The van der Waals surface area contributed by atoms with Gasteiger partial charge in [0, 0.05) is 0 Å². The van der Waals surface area contributed by atoms with Gasteiger partial charge in [-0.15, -0.1) is 0 Å². The van der Waals surface area contributed by atoms with Crippen LogP contribution in [0.5, 0.6) is 0 Å². The van der Waals surface area contributed by atoms with Crippen molar-refractivity contribution in [3.05, 3.63) is 6.23 Å². The predicted octanol–water partition coefficient (Wildman–Crippen LogP) is 1.39. The molecule has 0 aromatic rings. The Bertz CT molecular complexity index is 45.8. The summed E-state index contributed by atoms with van der Waals surface area (Å²) in [5.41, 5.74) is 5.01. The molecule has 0 fully saturated rings. The molecule has 0 aliphatic rings. The molecule has 0 bridgehead atoms. The molecule has 0 atom stereocenters. The first-order valence-electron chi connectivity index (χ1n) is 3.07. The van der Waals surface area contributed by atoms with Gasteiger partial charge in [-0.25, -0.2) is 0 Å². The van der Waals surface area contributed by atoms with Crippen molar-refractivity contribution in [1.29, 1.82) is 0 Å². The van der Waals surface area contributed by atoms with Crippen LogP contribution in [0.2, 0.25) is 0 Å². The zero-order chi connectivity index (χ0) is 6.41. The lowest BCUT2D eigenvalue weighted by molar-refractivity contribution is 0.280. The molecule has 0 aromatic carbocycles. The van der Waals surface area contributed by atoms with Gasteiger partial charge in [-0.3, -0.25) is 0 Å². The Morgan fingerprint density at radius 2 is 2.12 bits per heavy atom. The van der Waals surface area contributed by atoms with Crippen molar-refractivity contribution in [1.82, 2.24) is 0 Å². The van der Waals surface area contributed by atoms with Crippen LogP contribution in [-0.2, 0) is 0 Å². The highest BCUT2D eigenvalue weighted by Gasteiger charge is 1.94.